The molecule has 0 aliphatic heterocycles. The van der Waals surface area contributed by atoms with Crippen LogP contribution >= 0.6 is 0 Å². The number of carbonyl (C=O) groups excluding carboxylic acids is 1. The van der Waals surface area contributed by atoms with Gasteiger partial charge in [-0.2, -0.15) is 5.10 Å². The van der Waals surface area contributed by atoms with Gasteiger partial charge < -0.3 is 20.6 Å². The minimum Gasteiger partial charge on any atom is -0.480 e. The molecule has 8 nitrogen and oxygen atoms in total. The third kappa shape index (κ3) is 5.19. The van der Waals surface area contributed by atoms with Gasteiger partial charge in [0.2, 0.25) is 0 Å². The number of amides is 2. The Labute approximate surface area is 157 Å². The number of aliphatic carboxylic acids is 1. The zero-order valence-electron chi connectivity index (χ0n) is 15.8. The van der Waals surface area contributed by atoms with Crippen LogP contribution in [0, 0.1) is 12.7 Å². The standard InChI is InChI=1S/C18H24FN5O3/c1-11-13(10-21-24(11)4)8-15(17(25)26)22-18(27)20-9-12-5-6-16(23(2)3)14(19)7-12/h5-7,10,15H,8-9H2,1-4H3,(H,25,26)(H2,20,22,27). The average molecular weight is 377 g/mol. The average Bonchev–Trinajstić information content (AvgIpc) is 2.91. The monoisotopic (exact) mass is 377 g/mol. The lowest BCUT2D eigenvalue weighted by Crippen LogP contribution is -2.47. The van der Waals surface area contributed by atoms with Crippen LogP contribution in [-0.2, 0) is 24.8 Å². The fourth-order valence-corrected chi connectivity index (χ4v) is 2.58. The molecule has 1 unspecified atom stereocenters. The molecule has 1 aromatic carbocycles. The van der Waals surface area contributed by atoms with E-state index in [-0.39, 0.29) is 13.0 Å². The molecule has 3 N–H and O–H groups in total. The van der Waals surface area contributed by atoms with Crippen molar-refractivity contribution in [2.24, 2.45) is 7.05 Å². The van der Waals surface area contributed by atoms with Crippen molar-refractivity contribution >= 4 is 17.7 Å². The summed E-state index contributed by atoms with van der Waals surface area (Å²) >= 11 is 0. The van der Waals surface area contributed by atoms with Gasteiger partial charge in [0.1, 0.15) is 11.9 Å². The third-order valence-corrected chi connectivity index (χ3v) is 4.31. The highest BCUT2D eigenvalue weighted by Crippen LogP contribution is 2.18. The van der Waals surface area contributed by atoms with Crippen LogP contribution in [0.15, 0.2) is 24.4 Å². The van der Waals surface area contributed by atoms with Crippen molar-refractivity contribution in [1.29, 1.82) is 0 Å². The second-order valence-corrected chi connectivity index (χ2v) is 6.48. The molecule has 1 heterocycles. The van der Waals surface area contributed by atoms with Gasteiger partial charge in [0.25, 0.3) is 0 Å². The number of nitrogens with zero attached hydrogens (tertiary/aromatic N) is 3. The molecular weight excluding hydrogens is 353 g/mol. The Kier molecular flexibility index (Phi) is 6.38. The molecule has 2 amide bonds. The second-order valence-electron chi connectivity index (χ2n) is 6.48. The van der Waals surface area contributed by atoms with Gasteiger partial charge in [-0.25, -0.2) is 14.0 Å². The third-order valence-electron chi connectivity index (χ3n) is 4.31. The van der Waals surface area contributed by atoms with Crippen molar-refractivity contribution < 1.29 is 19.1 Å². The maximum absolute atomic E-state index is 14.0. The number of halogens is 1. The van der Waals surface area contributed by atoms with Gasteiger partial charge in [-0.3, -0.25) is 4.68 Å². The van der Waals surface area contributed by atoms with Crippen molar-refractivity contribution in [3.05, 3.63) is 47.0 Å². The van der Waals surface area contributed by atoms with Gasteiger partial charge in [0.05, 0.1) is 11.9 Å². The fourth-order valence-electron chi connectivity index (χ4n) is 2.58. The van der Waals surface area contributed by atoms with E-state index in [0.717, 1.165) is 11.3 Å². The molecule has 0 radical (unpaired) electrons. The summed E-state index contributed by atoms with van der Waals surface area (Å²) in [6.07, 6.45) is 1.70. The lowest BCUT2D eigenvalue weighted by molar-refractivity contribution is -0.139. The van der Waals surface area contributed by atoms with Crippen LogP contribution in [0.1, 0.15) is 16.8 Å². The van der Waals surface area contributed by atoms with Crippen LogP contribution in [0.5, 0.6) is 0 Å². The van der Waals surface area contributed by atoms with E-state index in [1.54, 1.807) is 49.1 Å². The smallest absolute Gasteiger partial charge is 0.326 e. The summed E-state index contributed by atoms with van der Waals surface area (Å²) < 4.78 is 15.6. The molecule has 0 aliphatic carbocycles. The number of anilines is 1. The van der Waals surface area contributed by atoms with Gasteiger partial charge in [-0.05, 0) is 30.2 Å². The van der Waals surface area contributed by atoms with Gasteiger partial charge in [0.15, 0.2) is 0 Å². The van der Waals surface area contributed by atoms with Crippen molar-refractivity contribution in [2.45, 2.75) is 25.9 Å². The number of carbonyl (C=O) groups is 2. The minimum absolute atomic E-state index is 0.0781. The van der Waals surface area contributed by atoms with Crippen molar-refractivity contribution in [3.63, 3.8) is 0 Å². The topological polar surface area (TPSA) is 99.5 Å². The molecule has 27 heavy (non-hydrogen) atoms. The molecular formula is C18H24FN5O3. The van der Waals surface area contributed by atoms with E-state index in [2.05, 4.69) is 15.7 Å². The summed E-state index contributed by atoms with van der Waals surface area (Å²) in [6, 6.07) is 2.92. The number of hydrogen-bond donors (Lipinski definition) is 3. The molecule has 2 aromatic rings. The summed E-state index contributed by atoms with van der Waals surface area (Å²) in [6.45, 7) is 1.90. The Hall–Kier alpha value is -3.10. The number of carboxylic acid groups (broad SMARTS) is 1. The van der Waals surface area contributed by atoms with Crippen LogP contribution < -0.4 is 15.5 Å². The summed E-state index contributed by atoms with van der Waals surface area (Å²) in [5.41, 5.74) is 2.59. The number of carboxylic acids is 1. The normalized spacial score (nSPS) is 11.7. The highest BCUT2D eigenvalue weighted by molar-refractivity contribution is 5.82. The van der Waals surface area contributed by atoms with E-state index in [9.17, 15) is 19.1 Å². The van der Waals surface area contributed by atoms with E-state index in [1.807, 2.05) is 6.92 Å². The SMILES string of the molecule is Cc1c(CC(NC(=O)NCc2ccc(N(C)C)c(F)c2)C(=O)O)cnn1C. The molecule has 0 saturated heterocycles. The first-order valence-electron chi connectivity index (χ1n) is 8.39. The van der Waals surface area contributed by atoms with Crippen LogP contribution in [0.25, 0.3) is 0 Å². The number of nitrogens with one attached hydrogen (secondary N) is 2. The first-order valence-corrected chi connectivity index (χ1v) is 8.39. The van der Waals surface area contributed by atoms with E-state index in [1.165, 1.54) is 6.07 Å². The van der Waals surface area contributed by atoms with E-state index in [4.69, 9.17) is 0 Å². The van der Waals surface area contributed by atoms with Crippen LogP contribution in [0.3, 0.4) is 0 Å². The molecule has 0 saturated carbocycles. The van der Waals surface area contributed by atoms with Gasteiger partial charge >= 0.3 is 12.0 Å². The Balaban J connectivity index is 1.95. The quantitative estimate of drug-likeness (QED) is 0.678. The van der Waals surface area contributed by atoms with Crippen molar-refractivity contribution in [2.75, 3.05) is 19.0 Å². The summed E-state index contributed by atoms with van der Waals surface area (Å²) in [7, 11) is 5.23. The molecule has 0 fully saturated rings. The molecule has 2 rings (SSSR count). The number of hydrogen-bond acceptors (Lipinski definition) is 4. The maximum atomic E-state index is 14.0. The van der Waals surface area contributed by atoms with E-state index >= 15 is 0 Å². The predicted octanol–water partition coefficient (Wildman–Crippen LogP) is 1.43. The number of urea groups is 1. The van der Waals surface area contributed by atoms with Crippen LogP contribution in [0.4, 0.5) is 14.9 Å². The molecule has 0 aliphatic rings. The lowest BCUT2D eigenvalue weighted by atomic mass is 10.1. The molecule has 1 aromatic heterocycles. The molecule has 9 heteroatoms. The fraction of sp³-hybridized carbons (Fsp3) is 0.389. The molecule has 1 atom stereocenters. The van der Waals surface area contributed by atoms with Crippen molar-refractivity contribution in [3.8, 4) is 0 Å². The van der Waals surface area contributed by atoms with Gasteiger partial charge in [-0.1, -0.05) is 6.07 Å². The Morgan fingerprint density at radius 1 is 1.37 bits per heavy atom. The highest BCUT2D eigenvalue weighted by atomic mass is 19.1. The summed E-state index contributed by atoms with van der Waals surface area (Å²) in [5.74, 6) is -1.54. The first-order chi connectivity index (χ1) is 12.7. The Morgan fingerprint density at radius 3 is 2.59 bits per heavy atom. The van der Waals surface area contributed by atoms with Crippen LogP contribution in [0.2, 0.25) is 0 Å². The van der Waals surface area contributed by atoms with Crippen LogP contribution in [-0.4, -0.2) is 47.0 Å². The minimum atomic E-state index is -1.14. The zero-order valence-corrected chi connectivity index (χ0v) is 15.8. The van der Waals surface area contributed by atoms with Crippen molar-refractivity contribution in [1.82, 2.24) is 20.4 Å². The van der Waals surface area contributed by atoms with Gasteiger partial charge in [-0.15, -0.1) is 0 Å². The summed E-state index contributed by atoms with van der Waals surface area (Å²) in [5, 5.41) is 18.4. The number of benzene rings is 1. The maximum Gasteiger partial charge on any atom is 0.326 e. The summed E-state index contributed by atoms with van der Waals surface area (Å²) in [4.78, 5) is 25.2. The number of aromatic nitrogens is 2. The Bertz CT molecular complexity index is 834. The first kappa shape index (κ1) is 20.2. The number of aryl methyl sites for hydroxylation is 1. The van der Waals surface area contributed by atoms with E-state index in [0.29, 0.717) is 11.3 Å². The molecule has 146 valence electrons. The molecule has 0 bridgehead atoms. The highest BCUT2D eigenvalue weighted by Gasteiger charge is 2.22. The predicted molar refractivity (Wildman–Crippen MR) is 99.2 cm³/mol. The van der Waals surface area contributed by atoms with E-state index < -0.39 is 23.9 Å². The lowest BCUT2D eigenvalue weighted by Gasteiger charge is -2.16. The molecule has 0 spiro atoms. The van der Waals surface area contributed by atoms with Gasteiger partial charge in [0, 0.05) is 39.8 Å². The Morgan fingerprint density at radius 2 is 2.07 bits per heavy atom. The number of rotatable bonds is 7. The second kappa shape index (κ2) is 8.52. The largest absolute Gasteiger partial charge is 0.480 e. The zero-order chi connectivity index (χ0) is 20.1.